The van der Waals surface area contributed by atoms with Gasteiger partial charge in [0.25, 0.3) is 5.91 Å². The molecular weight excluding hydrogens is 428 g/mol. The van der Waals surface area contributed by atoms with Crippen molar-refractivity contribution < 1.29 is 18.7 Å². The minimum absolute atomic E-state index is 0.0894. The van der Waals surface area contributed by atoms with E-state index in [0.717, 1.165) is 12.1 Å². The largest absolute Gasteiger partial charge is 0.495 e. The first-order valence-corrected chi connectivity index (χ1v) is 11.3. The third-order valence-corrected chi connectivity index (χ3v) is 5.67. The van der Waals surface area contributed by atoms with E-state index >= 15 is 0 Å². The summed E-state index contributed by atoms with van der Waals surface area (Å²) >= 11 is 1.33. The molecule has 0 spiro atoms. The Hall–Kier alpha value is -3.33. The van der Waals surface area contributed by atoms with Crippen LogP contribution in [0.15, 0.2) is 52.5 Å². The van der Waals surface area contributed by atoms with Gasteiger partial charge in [0.1, 0.15) is 17.2 Å². The van der Waals surface area contributed by atoms with E-state index in [1.165, 1.54) is 11.3 Å². The maximum atomic E-state index is 13.2. The van der Waals surface area contributed by atoms with E-state index in [4.69, 9.17) is 9.15 Å². The first-order valence-electron chi connectivity index (χ1n) is 10.5. The van der Waals surface area contributed by atoms with Gasteiger partial charge in [-0.1, -0.05) is 19.1 Å². The highest BCUT2D eigenvalue weighted by atomic mass is 32.1. The van der Waals surface area contributed by atoms with Gasteiger partial charge in [0, 0.05) is 24.4 Å². The Morgan fingerprint density at radius 1 is 1.25 bits per heavy atom. The van der Waals surface area contributed by atoms with Crippen molar-refractivity contribution in [2.45, 2.75) is 39.3 Å². The number of amides is 2. The summed E-state index contributed by atoms with van der Waals surface area (Å²) < 4.78 is 10.8. The zero-order chi connectivity index (χ0) is 22.9. The number of ether oxygens (including phenoxy) is 1. The number of hydrogen-bond donors (Lipinski definition) is 2. The number of anilines is 2. The lowest BCUT2D eigenvalue weighted by atomic mass is 10.2. The second-order valence-electron chi connectivity index (χ2n) is 7.30. The fourth-order valence-electron chi connectivity index (χ4n) is 2.98. The topological polar surface area (TPSA) is 96.7 Å². The van der Waals surface area contributed by atoms with Crippen molar-refractivity contribution >= 4 is 34.0 Å². The number of rotatable bonds is 11. The summed E-state index contributed by atoms with van der Waals surface area (Å²) in [6, 6.07) is 11.2. The van der Waals surface area contributed by atoms with Gasteiger partial charge in [-0.15, -0.1) is 11.3 Å². The molecule has 0 aliphatic heterocycles. The zero-order valence-electron chi connectivity index (χ0n) is 18.5. The number of hydrogen-bond acceptors (Lipinski definition) is 7. The molecule has 3 rings (SSSR count). The molecule has 0 radical (unpaired) electrons. The second-order valence-corrected chi connectivity index (χ2v) is 8.15. The smallest absolute Gasteiger partial charge is 0.273 e. The predicted molar refractivity (Wildman–Crippen MR) is 124 cm³/mol. The third kappa shape index (κ3) is 6.34. The average molecular weight is 457 g/mol. The molecule has 0 fully saturated rings. The number of thiazole rings is 1. The number of furan rings is 1. The minimum atomic E-state index is -0.262. The van der Waals surface area contributed by atoms with Gasteiger partial charge in [-0.3, -0.25) is 9.59 Å². The molecule has 3 aromatic rings. The van der Waals surface area contributed by atoms with Crippen LogP contribution in [0.2, 0.25) is 0 Å². The van der Waals surface area contributed by atoms with Gasteiger partial charge in [-0.25, -0.2) is 4.98 Å². The summed E-state index contributed by atoms with van der Waals surface area (Å²) in [5.74, 6) is 0.973. The third-order valence-electron chi connectivity index (χ3n) is 4.91. The van der Waals surface area contributed by atoms with Crippen molar-refractivity contribution in [1.82, 2.24) is 15.2 Å². The van der Waals surface area contributed by atoms with Crippen LogP contribution < -0.4 is 15.4 Å². The van der Waals surface area contributed by atoms with Gasteiger partial charge >= 0.3 is 0 Å². The van der Waals surface area contributed by atoms with Crippen LogP contribution in [0.5, 0.6) is 5.75 Å². The van der Waals surface area contributed by atoms with Crippen LogP contribution in [-0.2, 0) is 11.3 Å². The second kappa shape index (κ2) is 11.3. The number of aromatic nitrogens is 1. The van der Waals surface area contributed by atoms with Crippen LogP contribution in [0, 0.1) is 0 Å². The maximum Gasteiger partial charge on any atom is 0.273 e. The van der Waals surface area contributed by atoms with Crippen LogP contribution >= 0.6 is 11.3 Å². The monoisotopic (exact) mass is 456 g/mol. The van der Waals surface area contributed by atoms with Gasteiger partial charge in [-0.2, -0.15) is 0 Å². The molecule has 9 heteroatoms. The van der Waals surface area contributed by atoms with E-state index in [1.807, 2.05) is 38.1 Å². The van der Waals surface area contributed by atoms with E-state index in [2.05, 4.69) is 15.6 Å². The molecule has 2 heterocycles. The molecule has 170 valence electrons. The lowest BCUT2D eigenvalue weighted by Crippen LogP contribution is -2.37. The van der Waals surface area contributed by atoms with Crippen molar-refractivity contribution in [3.8, 4) is 5.75 Å². The Morgan fingerprint density at radius 2 is 2.06 bits per heavy atom. The number of carbonyl (C=O) groups excluding carboxylic acids is 2. The minimum Gasteiger partial charge on any atom is -0.495 e. The molecule has 1 aromatic carbocycles. The molecule has 0 aliphatic carbocycles. The van der Waals surface area contributed by atoms with Crippen molar-refractivity contribution in [2.24, 2.45) is 0 Å². The molecule has 2 amide bonds. The highest BCUT2D eigenvalue weighted by Crippen LogP contribution is 2.29. The molecule has 8 nitrogen and oxygen atoms in total. The summed E-state index contributed by atoms with van der Waals surface area (Å²) in [7, 11) is 1.60. The quantitative estimate of drug-likeness (QED) is 0.443. The number of nitrogens with one attached hydrogen (secondary N) is 2. The standard InChI is InChI=1S/C23H28N4O4S/c1-4-16(2)24-21(28)11-12-27(14-17-8-7-13-31-17)22(29)19-15-32-23(26-19)25-18-9-5-6-10-20(18)30-3/h5-10,13,15-16H,4,11-12,14H2,1-3H3,(H,24,28)(H,25,26)/t16-/m1/s1. The molecule has 0 saturated carbocycles. The zero-order valence-corrected chi connectivity index (χ0v) is 19.3. The van der Waals surface area contributed by atoms with Crippen LogP contribution in [0.3, 0.4) is 0 Å². The van der Waals surface area contributed by atoms with E-state index in [-0.39, 0.29) is 37.4 Å². The Labute approximate surface area is 191 Å². The fraction of sp³-hybridized carbons (Fsp3) is 0.348. The van der Waals surface area contributed by atoms with Gasteiger partial charge < -0.3 is 24.7 Å². The SMILES string of the molecule is CC[C@@H](C)NC(=O)CCN(Cc1ccco1)C(=O)c1csc(Nc2ccccc2OC)n1. The molecule has 0 unspecified atom stereocenters. The first-order chi connectivity index (χ1) is 15.5. The average Bonchev–Trinajstić information content (AvgIpc) is 3.48. The molecule has 2 aromatic heterocycles. The van der Waals surface area contributed by atoms with Crippen LogP contribution in [0.25, 0.3) is 0 Å². The Kier molecular flexibility index (Phi) is 8.27. The van der Waals surface area contributed by atoms with Gasteiger partial charge in [0.05, 0.1) is 25.6 Å². The number of carbonyl (C=O) groups is 2. The van der Waals surface area contributed by atoms with E-state index < -0.39 is 0 Å². The van der Waals surface area contributed by atoms with Crippen LogP contribution in [-0.4, -0.2) is 41.4 Å². The van der Waals surface area contributed by atoms with E-state index in [0.29, 0.717) is 22.3 Å². The van der Waals surface area contributed by atoms with Gasteiger partial charge in [0.15, 0.2) is 5.13 Å². The molecule has 2 N–H and O–H groups in total. The van der Waals surface area contributed by atoms with Crippen molar-refractivity contribution in [1.29, 1.82) is 0 Å². The van der Waals surface area contributed by atoms with Crippen molar-refractivity contribution in [3.63, 3.8) is 0 Å². The van der Waals surface area contributed by atoms with E-state index in [9.17, 15) is 9.59 Å². The number of methoxy groups -OCH3 is 1. The van der Waals surface area contributed by atoms with Gasteiger partial charge in [-0.05, 0) is 37.6 Å². The molecule has 0 saturated heterocycles. The number of benzene rings is 1. The lowest BCUT2D eigenvalue weighted by molar-refractivity contribution is -0.121. The number of nitrogens with zero attached hydrogens (tertiary/aromatic N) is 2. The summed E-state index contributed by atoms with van der Waals surface area (Å²) in [4.78, 5) is 31.5. The predicted octanol–water partition coefficient (Wildman–Crippen LogP) is 4.44. The Morgan fingerprint density at radius 3 is 2.78 bits per heavy atom. The highest BCUT2D eigenvalue weighted by molar-refractivity contribution is 7.14. The normalized spacial score (nSPS) is 11.6. The maximum absolute atomic E-state index is 13.2. The van der Waals surface area contributed by atoms with Gasteiger partial charge in [0.2, 0.25) is 5.91 Å². The molecule has 32 heavy (non-hydrogen) atoms. The molecular formula is C23H28N4O4S. The molecule has 1 atom stereocenters. The fourth-order valence-corrected chi connectivity index (χ4v) is 3.68. The summed E-state index contributed by atoms with van der Waals surface area (Å²) in [5, 5.41) is 8.40. The Balaban J connectivity index is 1.70. The highest BCUT2D eigenvalue weighted by Gasteiger charge is 2.21. The van der Waals surface area contributed by atoms with E-state index in [1.54, 1.807) is 35.8 Å². The molecule has 0 aliphatic rings. The van der Waals surface area contributed by atoms with Crippen LogP contribution in [0.1, 0.15) is 42.9 Å². The summed E-state index contributed by atoms with van der Waals surface area (Å²) in [6.07, 6.45) is 2.61. The summed E-state index contributed by atoms with van der Waals surface area (Å²) in [6.45, 7) is 4.48. The number of para-hydroxylation sites is 2. The Bertz CT molecular complexity index is 1020. The van der Waals surface area contributed by atoms with Crippen molar-refractivity contribution in [2.75, 3.05) is 19.0 Å². The van der Waals surface area contributed by atoms with Crippen LogP contribution in [0.4, 0.5) is 10.8 Å². The first kappa shape index (κ1) is 23.3. The summed E-state index contributed by atoms with van der Waals surface area (Å²) in [5.41, 5.74) is 1.07. The molecule has 0 bridgehead atoms. The van der Waals surface area contributed by atoms with Crippen molar-refractivity contribution in [3.05, 3.63) is 59.5 Å². The lowest BCUT2D eigenvalue weighted by Gasteiger charge is -2.21.